The van der Waals surface area contributed by atoms with Gasteiger partial charge in [0.15, 0.2) is 5.16 Å². The Morgan fingerprint density at radius 2 is 2.15 bits per heavy atom. The minimum Gasteiger partial charge on any atom is -0.324 e. The molecule has 0 unspecified atom stereocenters. The molecule has 7 heteroatoms. The van der Waals surface area contributed by atoms with E-state index < -0.39 is 0 Å². The van der Waals surface area contributed by atoms with Gasteiger partial charge in [0.2, 0.25) is 0 Å². The summed E-state index contributed by atoms with van der Waals surface area (Å²) in [7, 11) is 0. The summed E-state index contributed by atoms with van der Waals surface area (Å²) in [4.78, 5) is 0. The third kappa shape index (κ3) is 3.80. The fourth-order valence-electron chi connectivity index (χ4n) is 1.87. The molecule has 0 saturated carbocycles. The molecule has 0 bridgehead atoms. The summed E-state index contributed by atoms with van der Waals surface area (Å²) in [6, 6.07) is 4.88. The monoisotopic (exact) mass is 358 g/mol. The maximum Gasteiger partial charge on any atom is 0.191 e. The molecule has 2 N–H and O–H groups in total. The van der Waals surface area contributed by atoms with Crippen LogP contribution in [0.4, 0.5) is 4.39 Å². The van der Waals surface area contributed by atoms with Gasteiger partial charge in [0.25, 0.3) is 0 Å². The van der Waals surface area contributed by atoms with E-state index in [4.69, 9.17) is 5.73 Å². The van der Waals surface area contributed by atoms with E-state index in [1.165, 1.54) is 23.9 Å². The lowest BCUT2D eigenvalue weighted by atomic mass is 10.2. The molecule has 1 aromatic heterocycles. The van der Waals surface area contributed by atoms with E-state index in [0.29, 0.717) is 12.3 Å². The summed E-state index contributed by atoms with van der Waals surface area (Å²) >= 11 is 4.83. The molecular weight excluding hydrogens is 343 g/mol. The largest absolute Gasteiger partial charge is 0.324 e. The Balaban J connectivity index is 2.12. The molecule has 0 aliphatic rings. The van der Waals surface area contributed by atoms with E-state index in [1.54, 1.807) is 0 Å². The second-order valence-electron chi connectivity index (χ2n) is 4.32. The molecule has 0 spiro atoms. The van der Waals surface area contributed by atoms with Gasteiger partial charge in [-0.2, -0.15) is 0 Å². The molecule has 0 fully saturated rings. The lowest BCUT2D eigenvalue weighted by Gasteiger charge is -2.07. The van der Waals surface area contributed by atoms with Gasteiger partial charge >= 0.3 is 0 Å². The van der Waals surface area contributed by atoms with Crippen molar-refractivity contribution >= 4 is 27.7 Å². The van der Waals surface area contributed by atoms with Crippen LogP contribution in [0.25, 0.3) is 0 Å². The first kappa shape index (κ1) is 15.5. The van der Waals surface area contributed by atoms with Crippen LogP contribution in [0.2, 0.25) is 0 Å². The molecule has 4 nitrogen and oxygen atoms in total. The average molecular weight is 359 g/mol. The van der Waals surface area contributed by atoms with Crippen LogP contribution in [0.3, 0.4) is 0 Å². The summed E-state index contributed by atoms with van der Waals surface area (Å²) in [6.45, 7) is 3.31. The number of nitrogens with two attached hydrogens (primary N) is 1. The molecule has 2 rings (SSSR count). The first-order valence-electron chi connectivity index (χ1n) is 6.34. The van der Waals surface area contributed by atoms with E-state index in [9.17, 15) is 4.39 Å². The molecule has 2 aromatic rings. The highest BCUT2D eigenvalue weighted by molar-refractivity contribution is 9.10. The highest BCUT2D eigenvalue weighted by Gasteiger charge is 2.11. The normalized spacial score (nSPS) is 11.0. The van der Waals surface area contributed by atoms with Crippen molar-refractivity contribution in [2.45, 2.75) is 37.3 Å². The molecule has 0 aliphatic carbocycles. The van der Waals surface area contributed by atoms with Crippen molar-refractivity contribution in [1.29, 1.82) is 0 Å². The van der Waals surface area contributed by atoms with E-state index in [-0.39, 0.29) is 5.82 Å². The van der Waals surface area contributed by atoms with Crippen LogP contribution in [0.5, 0.6) is 0 Å². The lowest BCUT2D eigenvalue weighted by molar-refractivity contribution is 0.592. The number of hydrogen-bond acceptors (Lipinski definition) is 4. The average Bonchev–Trinajstić information content (AvgIpc) is 2.78. The van der Waals surface area contributed by atoms with Crippen LogP contribution in [0.1, 0.15) is 24.7 Å². The number of benzene rings is 1. The number of hydrogen-bond donors (Lipinski definition) is 1. The Morgan fingerprint density at radius 1 is 1.35 bits per heavy atom. The van der Waals surface area contributed by atoms with Gasteiger partial charge in [0, 0.05) is 16.8 Å². The molecule has 1 aromatic carbocycles. The maximum atomic E-state index is 13.3. The number of rotatable bonds is 6. The van der Waals surface area contributed by atoms with Gasteiger partial charge in [0.05, 0.1) is 6.54 Å². The quantitative estimate of drug-likeness (QED) is 0.804. The van der Waals surface area contributed by atoms with E-state index in [2.05, 4.69) is 33.1 Å². The van der Waals surface area contributed by atoms with Crippen LogP contribution < -0.4 is 5.73 Å². The smallest absolute Gasteiger partial charge is 0.191 e. The Hall–Kier alpha value is -0.920. The van der Waals surface area contributed by atoms with Crippen molar-refractivity contribution in [2.75, 3.05) is 0 Å². The summed E-state index contributed by atoms with van der Waals surface area (Å²) in [5.41, 5.74) is 6.56. The molecule has 0 radical (unpaired) electrons. The fourth-order valence-corrected chi connectivity index (χ4v) is 3.29. The van der Waals surface area contributed by atoms with Crippen molar-refractivity contribution in [1.82, 2.24) is 14.8 Å². The zero-order valence-electron chi connectivity index (χ0n) is 11.1. The summed E-state index contributed by atoms with van der Waals surface area (Å²) in [6.07, 6.45) is 0.990. The predicted molar refractivity (Wildman–Crippen MR) is 81.9 cm³/mol. The second-order valence-corrected chi connectivity index (χ2v) is 6.18. The highest BCUT2D eigenvalue weighted by atomic mass is 79.9. The van der Waals surface area contributed by atoms with Crippen LogP contribution in [0, 0.1) is 5.82 Å². The molecule has 108 valence electrons. The molecule has 0 saturated heterocycles. The van der Waals surface area contributed by atoms with Crippen molar-refractivity contribution in [3.63, 3.8) is 0 Å². The zero-order chi connectivity index (χ0) is 14.5. The lowest BCUT2D eigenvalue weighted by Crippen LogP contribution is -2.09. The number of halogens is 2. The number of nitrogens with zero attached hydrogens (tertiary/aromatic N) is 3. The highest BCUT2D eigenvalue weighted by Crippen LogP contribution is 2.24. The van der Waals surface area contributed by atoms with Crippen molar-refractivity contribution < 1.29 is 4.39 Å². The van der Waals surface area contributed by atoms with Crippen LogP contribution in [-0.2, 0) is 18.8 Å². The summed E-state index contributed by atoms with van der Waals surface area (Å²) in [5, 5.41) is 9.07. The fraction of sp³-hybridized carbons (Fsp3) is 0.385. The Bertz CT molecular complexity index is 567. The summed E-state index contributed by atoms with van der Waals surface area (Å²) in [5.74, 6) is 1.19. The van der Waals surface area contributed by atoms with Gasteiger partial charge in [0.1, 0.15) is 11.6 Å². The topological polar surface area (TPSA) is 56.7 Å². The van der Waals surface area contributed by atoms with Gasteiger partial charge in [-0.15, -0.1) is 10.2 Å². The van der Waals surface area contributed by atoms with Crippen LogP contribution >= 0.6 is 27.7 Å². The third-order valence-electron chi connectivity index (χ3n) is 2.71. The molecule has 20 heavy (non-hydrogen) atoms. The standard InChI is InChI=1S/C13H16BrFN4S/c1-2-3-19-12(7-16)17-18-13(19)20-8-9-4-10(14)6-11(15)5-9/h4-6H,2-3,7-8,16H2,1H3. The van der Waals surface area contributed by atoms with Crippen LogP contribution in [-0.4, -0.2) is 14.8 Å². The zero-order valence-corrected chi connectivity index (χ0v) is 13.5. The first-order valence-corrected chi connectivity index (χ1v) is 8.11. The molecule has 0 aliphatic heterocycles. The minimum atomic E-state index is -0.243. The van der Waals surface area contributed by atoms with Gasteiger partial charge < -0.3 is 10.3 Å². The first-order chi connectivity index (χ1) is 9.63. The number of aromatic nitrogens is 3. The van der Waals surface area contributed by atoms with E-state index in [1.807, 2.05) is 10.6 Å². The van der Waals surface area contributed by atoms with Crippen LogP contribution in [0.15, 0.2) is 27.8 Å². The SMILES string of the molecule is CCCn1c(CN)nnc1SCc1cc(F)cc(Br)c1. The predicted octanol–water partition coefficient (Wildman–Crippen LogP) is 3.34. The Labute approximate surface area is 130 Å². The second kappa shape index (κ2) is 7.19. The molecular formula is C13H16BrFN4S. The van der Waals surface area contributed by atoms with E-state index in [0.717, 1.165) is 34.0 Å². The Kier molecular flexibility index (Phi) is 5.56. The van der Waals surface area contributed by atoms with Crippen molar-refractivity contribution in [3.8, 4) is 0 Å². The van der Waals surface area contributed by atoms with Gasteiger partial charge in [-0.3, -0.25) is 0 Å². The third-order valence-corrected chi connectivity index (χ3v) is 4.21. The number of thioether (sulfide) groups is 1. The van der Waals surface area contributed by atoms with E-state index >= 15 is 0 Å². The summed E-state index contributed by atoms with van der Waals surface area (Å²) < 4.78 is 16.1. The van der Waals surface area contributed by atoms with Gasteiger partial charge in [-0.1, -0.05) is 34.6 Å². The molecule has 1 heterocycles. The van der Waals surface area contributed by atoms with Crippen molar-refractivity contribution in [3.05, 3.63) is 39.9 Å². The Morgan fingerprint density at radius 3 is 2.80 bits per heavy atom. The maximum absolute atomic E-state index is 13.3. The van der Waals surface area contributed by atoms with Gasteiger partial charge in [-0.25, -0.2) is 4.39 Å². The minimum absolute atomic E-state index is 0.243. The molecule has 0 amide bonds. The van der Waals surface area contributed by atoms with Gasteiger partial charge in [-0.05, 0) is 30.2 Å². The van der Waals surface area contributed by atoms with Crippen molar-refractivity contribution in [2.24, 2.45) is 5.73 Å². The molecule has 0 atom stereocenters.